The summed E-state index contributed by atoms with van der Waals surface area (Å²) < 4.78 is 29.6. The van der Waals surface area contributed by atoms with Crippen LogP contribution in [0.3, 0.4) is 0 Å². The van der Waals surface area contributed by atoms with Crippen LogP contribution < -0.4 is 0 Å². The molecule has 0 saturated carbocycles. The molecule has 0 aromatic heterocycles. The minimum absolute atomic E-state index is 0.129. The molecule has 6 heteroatoms. The number of hydrogen-bond donors (Lipinski definition) is 0. The fraction of sp³-hybridized carbons (Fsp3) is 1.00. The van der Waals surface area contributed by atoms with Crippen LogP contribution in [-0.4, -0.2) is 46.8 Å². The zero-order chi connectivity index (χ0) is 7.33. The van der Waals surface area contributed by atoms with Gasteiger partial charge in [-0.2, -0.15) is 0 Å². The standard InChI is InChI=1S/C3H7O4S.Na/c1-3-7-8(4,5)6-2;/h2-3H2,1H3;. The van der Waals surface area contributed by atoms with E-state index in [1.807, 2.05) is 0 Å². The van der Waals surface area contributed by atoms with Crippen LogP contribution in [0, 0.1) is 0 Å². The molecule has 0 aliphatic rings. The second-order valence-corrected chi connectivity index (χ2v) is 3.09. The molecule has 0 aromatic carbocycles. The Hall–Kier alpha value is 0.870. The molecule has 0 rings (SSSR count). The topological polar surface area (TPSA) is 52.6 Å². The molecule has 0 spiro atoms. The number of hydrogen-bond acceptors (Lipinski definition) is 4. The Kier molecular flexibility index (Phi) is 5.10. The van der Waals surface area contributed by atoms with Gasteiger partial charge in [-0.25, -0.2) is 0 Å². The van der Waals surface area contributed by atoms with E-state index in [0.717, 1.165) is 0 Å². The van der Waals surface area contributed by atoms with Gasteiger partial charge < -0.3 is 0 Å². The summed E-state index contributed by atoms with van der Waals surface area (Å²) in [5.41, 5.74) is 0. The van der Waals surface area contributed by atoms with Crippen molar-refractivity contribution in [3.05, 3.63) is 0 Å². The van der Waals surface area contributed by atoms with E-state index < -0.39 is 10.4 Å². The van der Waals surface area contributed by atoms with Gasteiger partial charge in [-0.05, 0) is 0 Å². The molecule has 0 atom stereocenters. The molecule has 0 aromatic rings. The third kappa shape index (κ3) is 5.32. The Morgan fingerprint density at radius 1 is 1.44 bits per heavy atom. The van der Waals surface area contributed by atoms with E-state index >= 15 is 0 Å². The van der Waals surface area contributed by atoms with E-state index in [4.69, 9.17) is 0 Å². The Bertz CT molecular complexity index is 139. The molecular weight excluding hydrogens is 155 g/mol. The van der Waals surface area contributed by atoms with Crippen molar-refractivity contribution in [2.75, 3.05) is 10.5 Å². The third-order valence-corrected chi connectivity index (χ3v) is 2.28. The fourth-order valence-corrected chi connectivity index (χ4v) is 1.83. The molecule has 0 radical (unpaired) electrons. The average Bonchev–Trinajstić information content (AvgIpc) is 1.64. The Morgan fingerprint density at radius 2 is 2.00 bits per heavy atom. The van der Waals surface area contributed by atoms with Crippen LogP contribution in [-0.2, 0) is 18.8 Å². The van der Waals surface area contributed by atoms with Gasteiger partial charge >= 0.3 is 72.5 Å². The van der Waals surface area contributed by atoms with Crippen LogP contribution >= 0.6 is 0 Å². The van der Waals surface area contributed by atoms with Gasteiger partial charge in [0.1, 0.15) is 0 Å². The maximum absolute atomic E-state index is 10.4. The summed E-state index contributed by atoms with van der Waals surface area (Å²) in [5, 5.41) is 0. The first kappa shape index (κ1) is 9.87. The first-order valence-corrected chi connectivity index (χ1v) is 5.41. The first-order valence-electron chi connectivity index (χ1n) is 2.66. The minimum atomic E-state index is -3.65. The maximum atomic E-state index is 10.4. The van der Waals surface area contributed by atoms with E-state index in [0.29, 0.717) is 27.9 Å². The van der Waals surface area contributed by atoms with Crippen LogP contribution in [0.25, 0.3) is 0 Å². The van der Waals surface area contributed by atoms with Crippen molar-refractivity contribution in [3.63, 3.8) is 0 Å². The van der Waals surface area contributed by atoms with Crippen molar-refractivity contribution in [1.29, 1.82) is 0 Å². The van der Waals surface area contributed by atoms with Crippen molar-refractivity contribution >= 4 is 38.3 Å². The van der Waals surface area contributed by atoms with Gasteiger partial charge in [0.25, 0.3) is 0 Å². The molecule has 0 N–H and O–H groups in total. The van der Waals surface area contributed by atoms with Crippen LogP contribution in [0.1, 0.15) is 6.92 Å². The molecule has 0 aliphatic heterocycles. The molecule has 0 amide bonds. The molecule has 0 unspecified atom stereocenters. The van der Waals surface area contributed by atoms with Crippen molar-refractivity contribution in [3.8, 4) is 0 Å². The SMILES string of the molecule is CCOS(=O)(=O)O[CH2][Na]. The molecule has 4 nitrogen and oxygen atoms in total. The summed E-state index contributed by atoms with van der Waals surface area (Å²) >= 11 is 0.696. The summed E-state index contributed by atoms with van der Waals surface area (Å²) in [5.74, 6) is 0. The molecule has 0 bridgehead atoms. The molecule has 50 valence electrons. The van der Waals surface area contributed by atoms with Crippen LogP contribution in [0.15, 0.2) is 0 Å². The van der Waals surface area contributed by atoms with E-state index in [-0.39, 0.29) is 10.5 Å². The average molecular weight is 162 g/mol. The van der Waals surface area contributed by atoms with Gasteiger partial charge in [-0.3, -0.25) is 0 Å². The molecular formula is C3H7NaO4S. The monoisotopic (exact) mass is 162 g/mol. The second-order valence-electron chi connectivity index (χ2n) is 1.22. The third-order valence-electron chi connectivity index (χ3n) is 0.524. The van der Waals surface area contributed by atoms with Crippen molar-refractivity contribution < 1.29 is 16.8 Å². The summed E-state index contributed by atoms with van der Waals surface area (Å²) in [6.07, 6.45) is 0. The Balaban J connectivity index is 3.73. The molecule has 9 heavy (non-hydrogen) atoms. The van der Waals surface area contributed by atoms with Crippen LogP contribution in [0.5, 0.6) is 0 Å². The second kappa shape index (κ2) is 4.65. The van der Waals surface area contributed by atoms with E-state index in [1.165, 1.54) is 0 Å². The summed E-state index contributed by atoms with van der Waals surface area (Å²) in [6, 6.07) is 0. The molecule has 0 aliphatic carbocycles. The van der Waals surface area contributed by atoms with Crippen molar-refractivity contribution in [2.24, 2.45) is 0 Å². The Morgan fingerprint density at radius 3 is 2.33 bits per heavy atom. The van der Waals surface area contributed by atoms with Gasteiger partial charge in [-0.15, -0.1) is 0 Å². The van der Waals surface area contributed by atoms with Gasteiger partial charge in [0.05, 0.1) is 0 Å². The molecule has 0 heterocycles. The predicted octanol–water partition coefficient (Wildman–Crippen LogP) is -0.590. The van der Waals surface area contributed by atoms with E-state index in [9.17, 15) is 8.42 Å². The van der Waals surface area contributed by atoms with Gasteiger partial charge in [0.2, 0.25) is 0 Å². The molecule has 0 saturated heterocycles. The summed E-state index contributed by atoms with van der Waals surface area (Å²) in [6.45, 7) is 1.72. The van der Waals surface area contributed by atoms with Crippen LogP contribution in [0.4, 0.5) is 0 Å². The van der Waals surface area contributed by atoms with Gasteiger partial charge in [0.15, 0.2) is 0 Å². The predicted molar refractivity (Wildman–Crippen MR) is 32.3 cm³/mol. The first-order chi connectivity index (χ1) is 4.12. The fourth-order valence-electron chi connectivity index (χ4n) is 0.323. The summed E-state index contributed by atoms with van der Waals surface area (Å²) in [7, 11) is -3.65. The zero-order valence-corrected chi connectivity index (χ0v) is 8.27. The van der Waals surface area contributed by atoms with Gasteiger partial charge in [-0.1, -0.05) is 0 Å². The van der Waals surface area contributed by atoms with Gasteiger partial charge in [0, 0.05) is 0 Å². The molecule has 0 fully saturated rings. The van der Waals surface area contributed by atoms with Crippen molar-refractivity contribution in [2.45, 2.75) is 6.92 Å². The normalized spacial score (nSPS) is 11.9. The summed E-state index contributed by atoms with van der Waals surface area (Å²) in [4.78, 5) is 0. The van der Waals surface area contributed by atoms with Crippen molar-refractivity contribution in [1.82, 2.24) is 0 Å². The van der Waals surface area contributed by atoms with E-state index in [1.54, 1.807) is 6.92 Å². The zero-order valence-electron chi connectivity index (χ0n) is 5.46. The Labute approximate surface area is 72.3 Å². The van der Waals surface area contributed by atoms with Crippen LogP contribution in [0.2, 0.25) is 0 Å². The number of rotatable bonds is 4. The quantitative estimate of drug-likeness (QED) is 0.518. The van der Waals surface area contributed by atoms with E-state index in [2.05, 4.69) is 8.37 Å².